The lowest BCUT2D eigenvalue weighted by molar-refractivity contribution is 0.306. The van der Waals surface area contributed by atoms with Gasteiger partial charge in [-0.2, -0.15) is 5.10 Å². The van der Waals surface area contributed by atoms with Crippen LogP contribution in [-0.2, 0) is 6.61 Å². The molecule has 0 spiro atoms. The van der Waals surface area contributed by atoms with Crippen LogP contribution in [-0.4, -0.2) is 9.61 Å². The van der Waals surface area contributed by atoms with Crippen molar-refractivity contribution in [2.75, 3.05) is 0 Å². The van der Waals surface area contributed by atoms with Crippen LogP contribution in [0.2, 0.25) is 0 Å². The van der Waals surface area contributed by atoms with E-state index in [0.717, 1.165) is 11.7 Å². The Balaban J connectivity index is 1.51. The summed E-state index contributed by atoms with van der Waals surface area (Å²) in [6, 6.07) is 14.5. The summed E-state index contributed by atoms with van der Waals surface area (Å²) in [5.41, 5.74) is 3.78. The van der Waals surface area contributed by atoms with Crippen LogP contribution < -0.4 is 4.74 Å². The van der Waals surface area contributed by atoms with E-state index in [1.54, 1.807) is 0 Å². The van der Waals surface area contributed by atoms with Crippen molar-refractivity contribution in [3.63, 3.8) is 0 Å². The normalized spacial score (nSPS) is 20.7. The van der Waals surface area contributed by atoms with Crippen molar-refractivity contribution in [3.8, 4) is 5.75 Å². The molecule has 0 bridgehead atoms. The average molecular weight is 334 g/mol. The average Bonchev–Trinajstić information content (AvgIpc) is 3.10. The van der Waals surface area contributed by atoms with Gasteiger partial charge in [-0.05, 0) is 49.1 Å². The second-order valence-electron chi connectivity index (χ2n) is 7.19. The number of hydrogen-bond donors (Lipinski definition) is 0. The molecule has 2 aromatic heterocycles. The molecule has 0 saturated heterocycles. The molecule has 3 aromatic rings. The summed E-state index contributed by atoms with van der Waals surface area (Å²) in [4.78, 5) is 0. The Bertz CT molecular complexity index is 816. The lowest BCUT2D eigenvalue weighted by Crippen LogP contribution is -2.12. The standard InChI is InChI=1S/C22H26N2O/c1-2-17-8-10-19(11-9-17)21-15-23-24-13-12-20(14-22(21)24)25-16-18-6-4-3-5-7-18/h3-7,12-15,17,19H,2,8-11,16H2,1H3. The Kier molecular flexibility index (Phi) is 4.73. The molecule has 1 fully saturated rings. The van der Waals surface area contributed by atoms with Gasteiger partial charge in [0.2, 0.25) is 0 Å². The summed E-state index contributed by atoms with van der Waals surface area (Å²) in [5, 5.41) is 4.55. The van der Waals surface area contributed by atoms with Crippen LogP contribution in [0.15, 0.2) is 54.9 Å². The summed E-state index contributed by atoms with van der Waals surface area (Å²) < 4.78 is 7.99. The van der Waals surface area contributed by atoms with E-state index >= 15 is 0 Å². The molecule has 3 heteroatoms. The lowest BCUT2D eigenvalue weighted by atomic mass is 9.78. The molecule has 1 saturated carbocycles. The van der Waals surface area contributed by atoms with Crippen molar-refractivity contribution in [1.82, 2.24) is 9.61 Å². The predicted molar refractivity (Wildman–Crippen MR) is 101 cm³/mol. The molecule has 25 heavy (non-hydrogen) atoms. The summed E-state index contributed by atoms with van der Waals surface area (Å²) >= 11 is 0. The molecule has 1 aliphatic carbocycles. The molecule has 1 aliphatic rings. The zero-order valence-corrected chi connectivity index (χ0v) is 14.9. The highest BCUT2D eigenvalue weighted by molar-refractivity contribution is 5.58. The Morgan fingerprint density at radius 2 is 1.88 bits per heavy atom. The van der Waals surface area contributed by atoms with Gasteiger partial charge in [0, 0.05) is 17.8 Å². The summed E-state index contributed by atoms with van der Waals surface area (Å²) in [7, 11) is 0. The fourth-order valence-corrected chi connectivity index (χ4v) is 4.01. The maximum Gasteiger partial charge on any atom is 0.123 e. The van der Waals surface area contributed by atoms with Crippen LogP contribution in [0.1, 0.15) is 56.1 Å². The third-order valence-corrected chi connectivity index (χ3v) is 5.64. The van der Waals surface area contributed by atoms with Crippen molar-refractivity contribution in [2.45, 2.75) is 51.6 Å². The zero-order valence-electron chi connectivity index (χ0n) is 14.9. The first kappa shape index (κ1) is 16.2. The number of ether oxygens (including phenoxy) is 1. The molecule has 0 unspecified atom stereocenters. The highest BCUT2D eigenvalue weighted by atomic mass is 16.5. The number of rotatable bonds is 5. The molecule has 1 aromatic carbocycles. The third-order valence-electron chi connectivity index (χ3n) is 5.64. The third kappa shape index (κ3) is 3.55. The first-order chi connectivity index (χ1) is 12.3. The van der Waals surface area contributed by atoms with Gasteiger partial charge in [0.15, 0.2) is 0 Å². The van der Waals surface area contributed by atoms with E-state index < -0.39 is 0 Å². The second-order valence-corrected chi connectivity index (χ2v) is 7.19. The highest BCUT2D eigenvalue weighted by Gasteiger charge is 2.23. The molecule has 0 aliphatic heterocycles. The highest BCUT2D eigenvalue weighted by Crippen LogP contribution is 2.38. The van der Waals surface area contributed by atoms with Gasteiger partial charge in [-0.1, -0.05) is 43.7 Å². The van der Waals surface area contributed by atoms with Crippen molar-refractivity contribution in [2.24, 2.45) is 5.92 Å². The Labute approximate surface area is 149 Å². The summed E-state index contributed by atoms with van der Waals surface area (Å²) in [6.07, 6.45) is 10.7. The van der Waals surface area contributed by atoms with Crippen molar-refractivity contribution >= 4 is 5.52 Å². The maximum atomic E-state index is 6.01. The molecule has 3 nitrogen and oxygen atoms in total. The van der Waals surface area contributed by atoms with E-state index in [2.05, 4.69) is 36.4 Å². The van der Waals surface area contributed by atoms with Gasteiger partial charge < -0.3 is 4.74 Å². The zero-order chi connectivity index (χ0) is 17.1. The molecular formula is C22H26N2O. The fraction of sp³-hybridized carbons (Fsp3) is 0.409. The number of aromatic nitrogens is 2. The minimum absolute atomic E-state index is 0.599. The van der Waals surface area contributed by atoms with E-state index in [-0.39, 0.29) is 0 Å². The SMILES string of the molecule is CCC1CCC(c2cnn3ccc(OCc4ccccc4)cc23)CC1. The fourth-order valence-electron chi connectivity index (χ4n) is 4.01. The van der Waals surface area contributed by atoms with Gasteiger partial charge in [0.1, 0.15) is 12.4 Å². The predicted octanol–water partition coefficient (Wildman–Crippen LogP) is 5.60. The van der Waals surface area contributed by atoms with E-state index in [0.29, 0.717) is 12.5 Å². The van der Waals surface area contributed by atoms with Gasteiger partial charge >= 0.3 is 0 Å². The summed E-state index contributed by atoms with van der Waals surface area (Å²) in [5.74, 6) is 2.48. The molecule has 4 rings (SSSR count). The van der Waals surface area contributed by atoms with Crippen molar-refractivity contribution in [1.29, 1.82) is 0 Å². The quantitative estimate of drug-likeness (QED) is 0.607. The van der Waals surface area contributed by atoms with Crippen LogP contribution in [0.25, 0.3) is 5.52 Å². The van der Waals surface area contributed by atoms with Crippen molar-refractivity contribution < 1.29 is 4.74 Å². The van der Waals surface area contributed by atoms with Gasteiger partial charge in [-0.3, -0.25) is 0 Å². The van der Waals surface area contributed by atoms with E-state index in [9.17, 15) is 0 Å². The van der Waals surface area contributed by atoms with Gasteiger partial charge in [-0.15, -0.1) is 0 Å². The number of benzene rings is 1. The molecule has 0 atom stereocenters. The monoisotopic (exact) mass is 334 g/mol. The summed E-state index contributed by atoms with van der Waals surface area (Å²) in [6.45, 7) is 2.92. The lowest BCUT2D eigenvalue weighted by Gasteiger charge is -2.27. The van der Waals surface area contributed by atoms with Gasteiger partial charge in [-0.25, -0.2) is 4.52 Å². The number of hydrogen-bond acceptors (Lipinski definition) is 2. The van der Waals surface area contributed by atoms with E-state index in [4.69, 9.17) is 4.74 Å². The van der Waals surface area contributed by atoms with Crippen LogP contribution in [0.5, 0.6) is 5.75 Å². The number of fused-ring (bicyclic) bond motifs is 1. The van der Waals surface area contributed by atoms with Gasteiger partial charge in [0.05, 0.1) is 11.7 Å². The first-order valence-corrected chi connectivity index (χ1v) is 9.47. The molecule has 0 radical (unpaired) electrons. The molecule has 0 N–H and O–H groups in total. The molecule has 0 amide bonds. The number of pyridine rings is 1. The van der Waals surface area contributed by atoms with Crippen LogP contribution >= 0.6 is 0 Å². The molecule has 130 valence electrons. The first-order valence-electron chi connectivity index (χ1n) is 9.47. The van der Waals surface area contributed by atoms with Crippen LogP contribution in [0.3, 0.4) is 0 Å². The van der Waals surface area contributed by atoms with Crippen LogP contribution in [0.4, 0.5) is 0 Å². The smallest absolute Gasteiger partial charge is 0.123 e. The Morgan fingerprint density at radius 3 is 2.64 bits per heavy atom. The minimum Gasteiger partial charge on any atom is -0.489 e. The van der Waals surface area contributed by atoms with E-state index in [1.807, 2.05) is 35.0 Å². The molecule has 2 heterocycles. The minimum atomic E-state index is 0.599. The Hall–Kier alpha value is -2.29. The van der Waals surface area contributed by atoms with Crippen molar-refractivity contribution in [3.05, 3.63) is 66.0 Å². The van der Waals surface area contributed by atoms with Gasteiger partial charge in [0.25, 0.3) is 0 Å². The number of nitrogens with zero attached hydrogens (tertiary/aromatic N) is 2. The maximum absolute atomic E-state index is 6.01. The van der Waals surface area contributed by atoms with Crippen LogP contribution in [0, 0.1) is 5.92 Å². The Morgan fingerprint density at radius 1 is 1.08 bits per heavy atom. The topological polar surface area (TPSA) is 26.5 Å². The second kappa shape index (κ2) is 7.30. The molecular weight excluding hydrogens is 308 g/mol. The largest absolute Gasteiger partial charge is 0.489 e. The van der Waals surface area contributed by atoms with E-state index in [1.165, 1.54) is 48.7 Å².